The molecule has 0 aromatic heterocycles. The van der Waals surface area contributed by atoms with E-state index in [2.05, 4.69) is 0 Å². The summed E-state index contributed by atoms with van der Waals surface area (Å²) in [6, 6.07) is 0. The lowest BCUT2D eigenvalue weighted by molar-refractivity contribution is -0.153. The number of esters is 1. The highest BCUT2D eigenvalue weighted by Crippen LogP contribution is 2.54. The van der Waals surface area contributed by atoms with Crippen molar-refractivity contribution in [2.45, 2.75) is 24.5 Å². The van der Waals surface area contributed by atoms with Gasteiger partial charge in [-0.3, -0.25) is 9.59 Å². The van der Waals surface area contributed by atoms with Crippen LogP contribution >= 0.6 is 0 Å². The molecular formula is C9H10O5. The Morgan fingerprint density at radius 1 is 1.57 bits per heavy atom. The van der Waals surface area contributed by atoms with Crippen LogP contribution in [0.25, 0.3) is 0 Å². The Morgan fingerprint density at radius 3 is 3.07 bits per heavy atom. The minimum Gasteiger partial charge on any atom is -0.481 e. The van der Waals surface area contributed by atoms with Gasteiger partial charge in [0.15, 0.2) is 0 Å². The zero-order valence-corrected chi connectivity index (χ0v) is 7.43. The Labute approximate surface area is 80.0 Å². The molecule has 5 heteroatoms. The molecule has 0 unspecified atom stereocenters. The van der Waals surface area contributed by atoms with Crippen molar-refractivity contribution in [3.05, 3.63) is 0 Å². The Kier molecular flexibility index (Phi) is 1.34. The first-order valence-corrected chi connectivity index (χ1v) is 4.71. The second-order valence-electron chi connectivity index (χ2n) is 4.21. The fourth-order valence-electron chi connectivity index (χ4n) is 2.97. The lowest BCUT2D eigenvalue weighted by atomic mass is 9.73. The van der Waals surface area contributed by atoms with Crippen molar-refractivity contribution >= 4 is 11.9 Å². The molecule has 0 amide bonds. The molecule has 0 aromatic rings. The lowest BCUT2D eigenvalue weighted by Crippen LogP contribution is -2.41. The highest BCUT2D eigenvalue weighted by Gasteiger charge is 2.68. The van der Waals surface area contributed by atoms with Crippen molar-refractivity contribution in [3.8, 4) is 0 Å². The maximum atomic E-state index is 11.4. The molecule has 0 aliphatic carbocycles. The Hall–Kier alpha value is -1.10. The summed E-state index contributed by atoms with van der Waals surface area (Å²) in [7, 11) is 0. The summed E-state index contributed by atoms with van der Waals surface area (Å²) >= 11 is 0. The van der Waals surface area contributed by atoms with Crippen molar-refractivity contribution in [1.82, 2.24) is 0 Å². The number of carbonyl (C=O) groups excluding carboxylic acids is 1. The van der Waals surface area contributed by atoms with Gasteiger partial charge in [0.1, 0.15) is 18.1 Å². The number of hydrogen-bond acceptors (Lipinski definition) is 4. The van der Waals surface area contributed by atoms with Gasteiger partial charge in [-0.15, -0.1) is 0 Å². The van der Waals surface area contributed by atoms with Crippen molar-refractivity contribution in [3.63, 3.8) is 0 Å². The smallest absolute Gasteiger partial charge is 0.313 e. The quantitative estimate of drug-likeness (QED) is 0.590. The topological polar surface area (TPSA) is 72.8 Å². The van der Waals surface area contributed by atoms with Crippen LogP contribution in [0.5, 0.6) is 0 Å². The van der Waals surface area contributed by atoms with Crippen LogP contribution in [0.3, 0.4) is 0 Å². The summed E-state index contributed by atoms with van der Waals surface area (Å²) in [6.45, 7) is 0.233. The molecule has 3 rings (SSSR count). The maximum absolute atomic E-state index is 11.4. The highest BCUT2D eigenvalue weighted by atomic mass is 16.6. The first kappa shape index (κ1) is 8.23. The van der Waals surface area contributed by atoms with Crippen molar-refractivity contribution in [2.75, 3.05) is 6.61 Å². The van der Waals surface area contributed by atoms with Crippen molar-refractivity contribution in [1.29, 1.82) is 0 Å². The highest BCUT2D eigenvalue weighted by molar-refractivity contribution is 5.85. The summed E-state index contributed by atoms with van der Waals surface area (Å²) in [5.74, 6) is -2.61. The van der Waals surface area contributed by atoms with Gasteiger partial charge >= 0.3 is 11.9 Å². The fraction of sp³-hybridized carbons (Fsp3) is 0.778. The van der Waals surface area contributed by atoms with Gasteiger partial charge < -0.3 is 14.6 Å². The summed E-state index contributed by atoms with van der Waals surface area (Å²) in [4.78, 5) is 22.4. The van der Waals surface area contributed by atoms with E-state index in [0.717, 1.165) is 12.8 Å². The third-order valence-corrected chi connectivity index (χ3v) is 3.56. The third-order valence-electron chi connectivity index (χ3n) is 3.56. The molecule has 4 atom stereocenters. The van der Waals surface area contributed by atoms with Gasteiger partial charge in [0.05, 0.1) is 12.0 Å². The van der Waals surface area contributed by atoms with Crippen LogP contribution in [0.1, 0.15) is 12.8 Å². The van der Waals surface area contributed by atoms with E-state index < -0.39 is 29.4 Å². The largest absolute Gasteiger partial charge is 0.481 e. The van der Waals surface area contributed by atoms with Gasteiger partial charge in [-0.05, 0) is 12.8 Å². The minimum absolute atomic E-state index is 0.233. The molecule has 3 aliphatic heterocycles. The maximum Gasteiger partial charge on any atom is 0.313 e. The average molecular weight is 198 g/mol. The third kappa shape index (κ3) is 0.744. The summed E-state index contributed by atoms with van der Waals surface area (Å²) in [5, 5.41) is 9.01. The van der Waals surface area contributed by atoms with Gasteiger partial charge in [0.25, 0.3) is 0 Å². The van der Waals surface area contributed by atoms with E-state index in [1.807, 2.05) is 0 Å². The number of aliphatic carboxylic acids is 1. The molecule has 76 valence electrons. The molecule has 1 N–H and O–H groups in total. The number of ether oxygens (including phenoxy) is 2. The second kappa shape index (κ2) is 2.28. The van der Waals surface area contributed by atoms with Gasteiger partial charge in [0, 0.05) is 0 Å². The molecule has 3 saturated heterocycles. The molecule has 0 aromatic carbocycles. The van der Waals surface area contributed by atoms with E-state index in [0.29, 0.717) is 0 Å². The Balaban J connectivity index is 2.03. The molecule has 14 heavy (non-hydrogen) atoms. The standard InChI is InChI=1S/C9H10O5/c10-7(11)5-4-1-2-9(14-4)3-13-8(12)6(5)9/h4-6H,1-3H2,(H,10,11)/t4-,5-,6-,9-/m1/s1. The Morgan fingerprint density at radius 2 is 2.36 bits per heavy atom. The molecule has 3 aliphatic rings. The number of cyclic esters (lactones) is 1. The van der Waals surface area contributed by atoms with Gasteiger partial charge in [0.2, 0.25) is 0 Å². The molecule has 3 heterocycles. The minimum atomic E-state index is -0.944. The van der Waals surface area contributed by atoms with Crippen LogP contribution in [0.15, 0.2) is 0 Å². The van der Waals surface area contributed by atoms with E-state index in [9.17, 15) is 9.59 Å². The van der Waals surface area contributed by atoms with Crippen LogP contribution in [-0.4, -0.2) is 35.4 Å². The number of rotatable bonds is 1. The lowest BCUT2D eigenvalue weighted by Gasteiger charge is -2.23. The number of fused-ring (bicyclic) bond motifs is 1. The molecule has 0 saturated carbocycles. The van der Waals surface area contributed by atoms with Gasteiger partial charge in [-0.1, -0.05) is 0 Å². The van der Waals surface area contributed by atoms with E-state index in [4.69, 9.17) is 14.6 Å². The van der Waals surface area contributed by atoms with Crippen LogP contribution in [0.2, 0.25) is 0 Å². The molecular weight excluding hydrogens is 188 g/mol. The van der Waals surface area contributed by atoms with E-state index in [1.54, 1.807) is 0 Å². The molecule has 5 nitrogen and oxygen atoms in total. The normalized spacial score (nSPS) is 49.1. The number of carbonyl (C=O) groups is 2. The van der Waals surface area contributed by atoms with Crippen LogP contribution in [-0.2, 0) is 19.1 Å². The fourth-order valence-corrected chi connectivity index (χ4v) is 2.97. The first-order valence-electron chi connectivity index (χ1n) is 4.71. The average Bonchev–Trinajstić information content (AvgIpc) is 2.75. The number of carboxylic acids is 1. The SMILES string of the molecule is O=C(O)[C@@H]1[C@H]2CC[C@]3(COC(=O)[C@@H]13)O2. The number of carboxylic acid groups (broad SMARTS) is 1. The molecule has 1 spiro atoms. The molecule has 2 bridgehead atoms. The zero-order valence-electron chi connectivity index (χ0n) is 7.43. The van der Waals surface area contributed by atoms with E-state index in [1.165, 1.54) is 0 Å². The summed E-state index contributed by atoms with van der Waals surface area (Å²) < 4.78 is 10.5. The first-order chi connectivity index (χ1) is 6.64. The second-order valence-corrected chi connectivity index (χ2v) is 4.21. The molecule has 3 fully saturated rings. The summed E-state index contributed by atoms with van der Waals surface area (Å²) in [6.07, 6.45) is 1.19. The van der Waals surface area contributed by atoms with Crippen molar-refractivity contribution in [2.24, 2.45) is 11.8 Å². The molecule has 0 radical (unpaired) electrons. The van der Waals surface area contributed by atoms with Crippen LogP contribution in [0.4, 0.5) is 0 Å². The predicted molar refractivity (Wildman–Crippen MR) is 42.4 cm³/mol. The van der Waals surface area contributed by atoms with Crippen LogP contribution < -0.4 is 0 Å². The van der Waals surface area contributed by atoms with E-state index >= 15 is 0 Å². The van der Waals surface area contributed by atoms with E-state index in [-0.39, 0.29) is 12.7 Å². The Bertz CT molecular complexity index is 325. The monoisotopic (exact) mass is 198 g/mol. The van der Waals surface area contributed by atoms with Crippen molar-refractivity contribution < 1.29 is 24.2 Å². The zero-order chi connectivity index (χ0) is 9.92. The van der Waals surface area contributed by atoms with Gasteiger partial charge in [-0.2, -0.15) is 0 Å². The number of hydrogen-bond donors (Lipinski definition) is 1. The predicted octanol–water partition coefficient (Wildman–Crippen LogP) is -0.208. The van der Waals surface area contributed by atoms with Gasteiger partial charge in [-0.25, -0.2) is 0 Å². The summed E-state index contributed by atoms with van der Waals surface area (Å²) in [5.41, 5.74) is -0.606. The van der Waals surface area contributed by atoms with Crippen LogP contribution in [0, 0.1) is 11.8 Å².